The van der Waals surface area contributed by atoms with Crippen LogP contribution in [0.25, 0.3) is 11.0 Å². The van der Waals surface area contributed by atoms with Crippen LogP contribution in [0.4, 0.5) is 5.69 Å². The molecule has 0 aliphatic heterocycles. The molecule has 20 heavy (non-hydrogen) atoms. The summed E-state index contributed by atoms with van der Waals surface area (Å²) in [4.78, 5) is 7.77. The Morgan fingerprint density at radius 1 is 1.25 bits per heavy atom. The fourth-order valence-electron chi connectivity index (χ4n) is 2.18. The zero-order valence-electron chi connectivity index (χ0n) is 11.0. The van der Waals surface area contributed by atoms with E-state index in [1.165, 1.54) is 0 Å². The van der Waals surface area contributed by atoms with Gasteiger partial charge in [-0.1, -0.05) is 23.7 Å². The molecular weight excluding hydrogens is 274 g/mol. The van der Waals surface area contributed by atoms with Gasteiger partial charge in [0.1, 0.15) is 17.1 Å². The molecule has 3 rings (SSSR count). The highest BCUT2D eigenvalue weighted by Crippen LogP contribution is 2.24. The third-order valence-electron chi connectivity index (χ3n) is 3.16. The Morgan fingerprint density at radius 3 is 2.70 bits per heavy atom. The molecule has 0 atom stereocenters. The molecule has 3 aromatic rings. The summed E-state index contributed by atoms with van der Waals surface area (Å²) in [6, 6.07) is 11.4. The molecule has 0 amide bonds. The van der Waals surface area contributed by atoms with Crippen molar-refractivity contribution in [2.45, 2.75) is 6.42 Å². The Labute approximate surface area is 121 Å². The highest BCUT2D eigenvalue weighted by molar-refractivity contribution is 6.31. The maximum atomic E-state index is 5.99. The highest BCUT2D eigenvalue weighted by Gasteiger charge is 2.08. The number of imidazole rings is 1. The molecule has 0 bridgehead atoms. The zero-order chi connectivity index (χ0) is 14.1. The van der Waals surface area contributed by atoms with Gasteiger partial charge in [0.2, 0.25) is 0 Å². The molecular formula is C15H14ClN3O. The number of aromatic nitrogens is 2. The SMILES string of the molecule is COc1ccc(Cc2nc3c(N)cc(Cl)cc3[nH]2)cc1. The van der Waals surface area contributed by atoms with Crippen LogP contribution in [0.3, 0.4) is 0 Å². The number of halogens is 1. The molecule has 5 heteroatoms. The summed E-state index contributed by atoms with van der Waals surface area (Å²) >= 11 is 5.99. The summed E-state index contributed by atoms with van der Waals surface area (Å²) in [6.45, 7) is 0. The fraction of sp³-hybridized carbons (Fsp3) is 0.133. The van der Waals surface area contributed by atoms with Crippen LogP contribution < -0.4 is 10.5 Å². The Morgan fingerprint density at radius 2 is 2.00 bits per heavy atom. The van der Waals surface area contributed by atoms with E-state index in [1.54, 1.807) is 13.2 Å². The second kappa shape index (κ2) is 5.06. The maximum absolute atomic E-state index is 5.99. The van der Waals surface area contributed by atoms with Crippen LogP contribution in [0.5, 0.6) is 5.75 Å². The highest BCUT2D eigenvalue weighted by atomic mass is 35.5. The van der Waals surface area contributed by atoms with Crippen molar-refractivity contribution < 1.29 is 4.74 Å². The van der Waals surface area contributed by atoms with Crippen molar-refractivity contribution in [1.82, 2.24) is 9.97 Å². The molecule has 102 valence electrons. The number of anilines is 1. The molecule has 2 aromatic carbocycles. The van der Waals surface area contributed by atoms with Gasteiger partial charge < -0.3 is 15.5 Å². The van der Waals surface area contributed by atoms with Crippen LogP contribution in [-0.4, -0.2) is 17.1 Å². The Bertz CT molecular complexity index is 750. The molecule has 1 heterocycles. The molecule has 1 aromatic heterocycles. The standard InChI is InChI=1S/C15H14ClN3O/c1-20-11-4-2-9(3-5-11)6-14-18-13-8-10(16)7-12(17)15(13)19-14/h2-5,7-8H,6,17H2,1H3,(H,18,19). The molecule has 0 spiro atoms. The van der Waals surface area contributed by atoms with E-state index in [1.807, 2.05) is 30.3 Å². The molecule has 0 fully saturated rings. The first-order valence-corrected chi connectivity index (χ1v) is 6.60. The quantitative estimate of drug-likeness (QED) is 0.726. The van der Waals surface area contributed by atoms with E-state index in [2.05, 4.69) is 9.97 Å². The van der Waals surface area contributed by atoms with Crippen LogP contribution in [0.15, 0.2) is 36.4 Å². The number of methoxy groups -OCH3 is 1. The van der Waals surface area contributed by atoms with Gasteiger partial charge >= 0.3 is 0 Å². The van der Waals surface area contributed by atoms with Gasteiger partial charge in [0.15, 0.2) is 0 Å². The summed E-state index contributed by atoms with van der Waals surface area (Å²) in [5.41, 5.74) is 9.28. The first-order chi connectivity index (χ1) is 9.65. The van der Waals surface area contributed by atoms with E-state index >= 15 is 0 Å². The molecule has 0 saturated carbocycles. The van der Waals surface area contributed by atoms with Crippen molar-refractivity contribution in [3.63, 3.8) is 0 Å². The molecule has 0 radical (unpaired) electrons. The van der Waals surface area contributed by atoms with Gasteiger partial charge in [0, 0.05) is 11.4 Å². The smallest absolute Gasteiger partial charge is 0.118 e. The van der Waals surface area contributed by atoms with Crippen LogP contribution in [0.1, 0.15) is 11.4 Å². The first kappa shape index (κ1) is 12.8. The van der Waals surface area contributed by atoms with Gasteiger partial charge in [-0.3, -0.25) is 0 Å². The number of hydrogen-bond acceptors (Lipinski definition) is 3. The third kappa shape index (κ3) is 2.42. The lowest BCUT2D eigenvalue weighted by Gasteiger charge is -2.01. The predicted octanol–water partition coefficient (Wildman–Crippen LogP) is 3.40. The van der Waals surface area contributed by atoms with Gasteiger partial charge in [0.05, 0.1) is 18.3 Å². The predicted molar refractivity (Wildman–Crippen MR) is 81.3 cm³/mol. The minimum absolute atomic E-state index is 0.588. The van der Waals surface area contributed by atoms with E-state index in [0.717, 1.165) is 28.2 Å². The fourth-order valence-corrected chi connectivity index (χ4v) is 2.41. The summed E-state index contributed by atoms with van der Waals surface area (Å²) in [6.07, 6.45) is 0.704. The zero-order valence-corrected chi connectivity index (χ0v) is 11.7. The molecule has 3 N–H and O–H groups in total. The van der Waals surface area contributed by atoms with Crippen molar-refractivity contribution in [3.8, 4) is 5.75 Å². The number of aromatic amines is 1. The number of rotatable bonds is 3. The maximum Gasteiger partial charge on any atom is 0.118 e. The molecule has 0 saturated heterocycles. The normalized spacial score (nSPS) is 10.9. The number of hydrogen-bond donors (Lipinski definition) is 2. The van der Waals surface area contributed by atoms with Gasteiger partial charge in [-0.05, 0) is 29.8 Å². The van der Waals surface area contributed by atoms with E-state index in [4.69, 9.17) is 22.1 Å². The second-order valence-corrected chi connectivity index (χ2v) is 5.04. The van der Waals surface area contributed by atoms with Crippen molar-refractivity contribution in [3.05, 3.63) is 52.8 Å². The molecule has 0 aliphatic rings. The lowest BCUT2D eigenvalue weighted by molar-refractivity contribution is 0.414. The lowest BCUT2D eigenvalue weighted by atomic mass is 10.1. The van der Waals surface area contributed by atoms with Gasteiger partial charge in [-0.25, -0.2) is 4.98 Å². The van der Waals surface area contributed by atoms with Crippen LogP contribution in [0, 0.1) is 0 Å². The molecule has 4 nitrogen and oxygen atoms in total. The summed E-state index contributed by atoms with van der Waals surface area (Å²) in [5.74, 6) is 1.70. The number of nitrogens with one attached hydrogen (secondary N) is 1. The first-order valence-electron chi connectivity index (χ1n) is 6.22. The number of H-pyrrole nitrogens is 1. The van der Waals surface area contributed by atoms with Crippen molar-refractivity contribution in [2.75, 3.05) is 12.8 Å². The monoisotopic (exact) mass is 287 g/mol. The topological polar surface area (TPSA) is 63.9 Å². The average Bonchev–Trinajstić information content (AvgIpc) is 2.82. The van der Waals surface area contributed by atoms with E-state index in [-0.39, 0.29) is 0 Å². The van der Waals surface area contributed by atoms with Crippen molar-refractivity contribution in [2.24, 2.45) is 0 Å². The van der Waals surface area contributed by atoms with Crippen molar-refractivity contribution in [1.29, 1.82) is 0 Å². The van der Waals surface area contributed by atoms with Crippen LogP contribution in [-0.2, 0) is 6.42 Å². The minimum Gasteiger partial charge on any atom is -0.497 e. The summed E-state index contributed by atoms with van der Waals surface area (Å²) in [5, 5.41) is 0.606. The minimum atomic E-state index is 0.588. The van der Waals surface area contributed by atoms with E-state index in [9.17, 15) is 0 Å². The van der Waals surface area contributed by atoms with Crippen molar-refractivity contribution >= 4 is 28.3 Å². The van der Waals surface area contributed by atoms with Crippen LogP contribution in [0.2, 0.25) is 5.02 Å². The molecule has 0 unspecified atom stereocenters. The summed E-state index contributed by atoms with van der Waals surface area (Å²) < 4.78 is 5.14. The number of nitrogens with two attached hydrogens (primary N) is 1. The van der Waals surface area contributed by atoms with E-state index in [0.29, 0.717) is 17.1 Å². The molecule has 0 aliphatic carbocycles. The Balaban J connectivity index is 1.92. The Hall–Kier alpha value is -2.20. The average molecular weight is 288 g/mol. The largest absolute Gasteiger partial charge is 0.497 e. The number of benzene rings is 2. The number of fused-ring (bicyclic) bond motifs is 1. The summed E-state index contributed by atoms with van der Waals surface area (Å²) in [7, 11) is 1.65. The van der Waals surface area contributed by atoms with Gasteiger partial charge in [-0.15, -0.1) is 0 Å². The van der Waals surface area contributed by atoms with Crippen LogP contribution >= 0.6 is 11.6 Å². The van der Waals surface area contributed by atoms with Gasteiger partial charge in [0.25, 0.3) is 0 Å². The van der Waals surface area contributed by atoms with Gasteiger partial charge in [-0.2, -0.15) is 0 Å². The third-order valence-corrected chi connectivity index (χ3v) is 3.38. The number of nitrogens with zero attached hydrogens (tertiary/aromatic N) is 1. The Kier molecular flexibility index (Phi) is 3.24. The number of nitrogen functional groups attached to an aromatic ring is 1. The van der Waals surface area contributed by atoms with E-state index < -0.39 is 0 Å². The number of ether oxygens (including phenoxy) is 1. The lowest BCUT2D eigenvalue weighted by Crippen LogP contribution is -1.91. The second-order valence-electron chi connectivity index (χ2n) is 4.60.